The van der Waals surface area contributed by atoms with Crippen molar-refractivity contribution in [1.29, 1.82) is 0 Å². The van der Waals surface area contributed by atoms with Crippen molar-refractivity contribution in [3.05, 3.63) is 28.7 Å². The highest BCUT2D eigenvalue weighted by Gasteiger charge is 2.30. The minimum absolute atomic E-state index is 0.0686. The molecule has 1 amide bonds. The molecule has 2 aliphatic heterocycles. The number of benzene rings is 1. The number of rotatable bonds is 5. The normalized spacial score (nSPS) is 22.5. The Bertz CT molecular complexity index is 748. The minimum Gasteiger partial charge on any atom is -0.371 e. The Hall–Kier alpha value is -1.12. The first-order valence-corrected chi connectivity index (χ1v) is 11.7. The van der Waals surface area contributed by atoms with Crippen LogP contribution >= 0.6 is 15.9 Å². The number of sulfonamides is 1. The van der Waals surface area contributed by atoms with Crippen molar-refractivity contribution in [2.75, 3.05) is 43.9 Å². The number of carbonyl (C=O) groups is 1. The second kappa shape index (κ2) is 8.27. The molecule has 1 N–H and O–H groups in total. The van der Waals surface area contributed by atoms with E-state index in [1.807, 2.05) is 12.1 Å². The lowest BCUT2D eigenvalue weighted by molar-refractivity contribution is -0.126. The topological polar surface area (TPSA) is 69.7 Å². The summed E-state index contributed by atoms with van der Waals surface area (Å²) in [6.07, 6.45) is 3.51. The first-order chi connectivity index (χ1) is 12.3. The molecule has 26 heavy (non-hydrogen) atoms. The minimum atomic E-state index is -3.14. The maximum atomic E-state index is 12.4. The van der Waals surface area contributed by atoms with Crippen molar-refractivity contribution < 1.29 is 13.2 Å². The van der Waals surface area contributed by atoms with E-state index < -0.39 is 10.0 Å². The van der Waals surface area contributed by atoms with Crippen LogP contribution in [0.1, 0.15) is 19.3 Å². The van der Waals surface area contributed by atoms with Gasteiger partial charge < -0.3 is 10.2 Å². The maximum Gasteiger partial charge on any atom is 0.223 e. The average Bonchev–Trinajstić information content (AvgIpc) is 3.08. The highest BCUT2D eigenvalue weighted by molar-refractivity contribution is 9.10. The van der Waals surface area contributed by atoms with Crippen molar-refractivity contribution in [1.82, 2.24) is 9.62 Å². The van der Waals surface area contributed by atoms with Gasteiger partial charge in [0, 0.05) is 48.8 Å². The van der Waals surface area contributed by atoms with E-state index in [2.05, 4.69) is 38.3 Å². The van der Waals surface area contributed by atoms with Crippen molar-refractivity contribution >= 4 is 37.5 Å². The van der Waals surface area contributed by atoms with Crippen LogP contribution in [0, 0.1) is 11.8 Å². The fraction of sp³-hybridized carbons (Fsp3) is 0.611. The summed E-state index contributed by atoms with van der Waals surface area (Å²) in [6.45, 7) is 3.52. The Labute approximate surface area is 164 Å². The van der Waals surface area contributed by atoms with E-state index in [0.717, 1.165) is 24.0 Å². The summed E-state index contributed by atoms with van der Waals surface area (Å²) in [5.74, 6) is 0.448. The quantitative estimate of drug-likeness (QED) is 0.755. The molecule has 2 aliphatic rings. The fourth-order valence-corrected chi connectivity index (χ4v) is 5.01. The molecule has 0 radical (unpaired) electrons. The van der Waals surface area contributed by atoms with Gasteiger partial charge in [0.05, 0.1) is 6.26 Å². The molecule has 0 saturated carbocycles. The van der Waals surface area contributed by atoms with Gasteiger partial charge in [0.1, 0.15) is 0 Å². The molecule has 0 spiro atoms. The molecule has 8 heteroatoms. The lowest BCUT2D eigenvalue weighted by Gasteiger charge is -2.29. The molecule has 1 aromatic rings. The first kappa shape index (κ1) is 19.6. The van der Waals surface area contributed by atoms with E-state index in [0.29, 0.717) is 38.4 Å². The molecule has 1 atom stereocenters. The molecule has 3 rings (SSSR count). The van der Waals surface area contributed by atoms with Gasteiger partial charge in [-0.15, -0.1) is 0 Å². The zero-order valence-electron chi connectivity index (χ0n) is 15.0. The van der Waals surface area contributed by atoms with E-state index in [-0.39, 0.29) is 11.8 Å². The van der Waals surface area contributed by atoms with Crippen molar-refractivity contribution in [3.8, 4) is 0 Å². The number of hydrogen-bond donors (Lipinski definition) is 1. The molecule has 1 unspecified atom stereocenters. The van der Waals surface area contributed by atoms with E-state index in [1.165, 1.54) is 16.2 Å². The van der Waals surface area contributed by atoms with Gasteiger partial charge in [0.2, 0.25) is 15.9 Å². The summed E-state index contributed by atoms with van der Waals surface area (Å²) in [4.78, 5) is 14.8. The number of nitrogens with zero attached hydrogens (tertiary/aromatic N) is 2. The van der Waals surface area contributed by atoms with Gasteiger partial charge >= 0.3 is 0 Å². The predicted molar refractivity (Wildman–Crippen MR) is 107 cm³/mol. The summed E-state index contributed by atoms with van der Waals surface area (Å²) < 4.78 is 25.6. The zero-order chi connectivity index (χ0) is 18.7. The molecule has 2 saturated heterocycles. The predicted octanol–water partition coefficient (Wildman–Crippen LogP) is 2.06. The van der Waals surface area contributed by atoms with Gasteiger partial charge in [-0.25, -0.2) is 12.7 Å². The van der Waals surface area contributed by atoms with Crippen LogP contribution in [0.25, 0.3) is 0 Å². The number of amides is 1. The lowest BCUT2D eigenvalue weighted by Crippen LogP contribution is -2.43. The van der Waals surface area contributed by atoms with E-state index in [9.17, 15) is 13.2 Å². The van der Waals surface area contributed by atoms with E-state index in [1.54, 1.807) is 0 Å². The molecule has 0 aromatic heterocycles. The Morgan fingerprint density at radius 1 is 1.23 bits per heavy atom. The van der Waals surface area contributed by atoms with Gasteiger partial charge in [0.25, 0.3) is 0 Å². The molecular formula is C18H26BrN3O3S. The smallest absolute Gasteiger partial charge is 0.223 e. The summed E-state index contributed by atoms with van der Waals surface area (Å²) in [7, 11) is -3.14. The molecule has 1 aromatic carbocycles. The number of halogens is 1. The average molecular weight is 444 g/mol. The Morgan fingerprint density at radius 3 is 2.62 bits per heavy atom. The molecule has 2 fully saturated rings. The second-order valence-corrected chi connectivity index (χ2v) is 10.2. The van der Waals surface area contributed by atoms with E-state index >= 15 is 0 Å². The summed E-state index contributed by atoms with van der Waals surface area (Å²) >= 11 is 3.51. The molecule has 144 valence electrons. The van der Waals surface area contributed by atoms with Crippen molar-refractivity contribution in [3.63, 3.8) is 0 Å². The summed E-state index contributed by atoms with van der Waals surface area (Å²) in [6, 6.07) is 8.29. The molecule has 0 bridgehead atoms. The maximum absolute atomic E-state index is 12.4. The van der Waals surface area contributed by atoms with Gasteiger partial charge in [0.15, 0.2) is 0 Å². The monoisotopic (exact) mass is 443 g/mol. The third-order valence-corrected chi connectivity index (χ3v) is 7.11. The highest BCUT2D eigenvalue weighted by Crippen LogP contribution is 2.26. The van der Waals surface area contributed by atoms with Crippen molar-refractivity contribution in [2.45, 2.75) is 19.3 Å². The molecule has 6 nitrogen and oxygen atoms in total. The Balaban J connectivity index is 1.43. The van der Waals surface area contributed by atoms with Crippen LogP contribution in [0.3, 0.4) is 0 Å². The molecule has 0 aliphatic carbocycles. The number of hydrogen-bond acceptors (Lipinski definition) is 4. The lowest BCUT2D eigenvalue weighted by atomic mass is 9.97. The summed E-state index contributed by atoms with van der Waals surface area (Å²) in [5.41, 5.74) is 1.21. The molecule has 2 heterocycles. The van der Waals surface area contributed by atoms with Gasteiger partial charge in [-0.3, -0.25) is 4.79 Å². The number of carbonyl (C=O) groups excluding carboxylic acids is 1. The van der Waals surface area contributed by atoms with Crippen LogP contribution in [0.4, 0.5) is 5.69 Å². The second-order valence-electron chi connectivity index (χ2n) is 7.26. The molecular weight excluding hydrogens is 418 g/mol. The number of anilines is 1. The van der Waals surface area contributed by atoms with E-state index in [4.69, 9.17) is 0 Å². The van der Waals surface area contributed by atoms with Crippen LogP contribution in [0.2, 0.25) is 0 Å². The van der Waals surface area contributed by atoms with Crippen LogP contribution in [0.5, 0.6) is 0 Å². The van der Waals surface area contributed by atoms with Crippen LogP contribution in [0.15, 0.2) is 28.7 Å². The summed E-state index contributed by atoms with van der Waals surface area (Å²) in [5, 5.41) is 3.09. The van der Waals surface area contributed by atoms with Crippen LogP contribution in [-0.4, -0.2) is 57.6 Å². The Morgan fingerprint density at radius 2 is 1.96 bits per heavy atom. The van der Waals surface area contributed by atoms with Crippen molar-refractivity contribution in [2.24, 2.45) is 11.8 Å². The third kappa shape index (κ3) is 4.98. The first-order valence-electron chi connectivity index (χ1n) is 9.06. The van der Waals surface area contributed by atoms with Gasteiger partial charge in [-0.2, -0.15) is 0 Å². The van der Waals surface area contributed by atoms with Crippen LogP contribution in [-0.2, 0) is 14.8 Å². The van der Waals surface area contributed by atoms with Gasteiger partial charge in [-0.05, 0) is 43.4 Å². The SMILES string of the molecule is CS(=O)(=O)N1CCC(C(=O)NCC2CCN(c3cccc(Br)c3)C2)CC1. The van der Waals surface area contributed by atoms with Gasteiger partial charge in [-0.1, -0.05) is 22.0 Å². The van der Waals surface area contributed by atoms with Crippen LogP contribution < -0.4 is 10.2 Å². The number of nitrogens with one attached hydrogen (secondary N) is 1. The fourth-order valence-electron chi connectivity index (χ4n) is 3.75. The standard InChI is InChI=1S/C18H26BrN3O3S/c1-26(24,25)22-9-6-15(7-10-22)18(23)20-12-14-5-8-21(13-14)17-4-2-3-16(19)11-17/h2-4,11,14-15H,5-10,12-13H2,1H3,(H,20,23). The Kier molecular flexibility index (Phi) is 6.25. The third-order valence-electron chi connectivity index (χ3n) is 5.32. The largest absolute Gasteiger partial charge is 0.371 e. The highest BCUT2D eigenvalue weighted by atomic mass is 79.9. The number of piperidine rings is 1. The zero-order valence-corrected chi connectivity index (χ0v) is 17.4.